The van der Waals surface area contributed by atoms with Crippen LogP contribution >= 0.6 is 0 Å². The van der Waals surface area contributed by atoms with Gasteiger partial charge in [-0.05, 0) is 62.4 Å². The number of halogens is 1. The molecular weight excluding hydrogens is 459 g/mol. The van der Waals surface area contributed by atoms with Crippen LogP contribution in [0.15, 0.2) is 59.5 Å². The van der Waals surface area contributed by atoms with Crippen molar-refractivity contribution in [2.45, 2.75) is 18.7 Å². The fourth-order valence-corrected chi connectivity index (χ4v) is 4.59. The van der Waals surface area contributed by atoms with Crippen LogP contribution in [0.5, 0.6) is 5.75 Å². The van der Waals surface area contributed by atoms with Gasteiger partial charge in [0.05, 0.1) is 4.90 Å². The van der Waals surface area contributed by atoms with Crippen molar-refractivity contribution in [3.63, 3.8) is 0 Å². The Morgan fingerprint density at radius 3 is 2.19 bits per heavy atom. The number of nitrogens with one attached hydrogen (secondary N) is 2. The lowest BCUT2D eigenvalue weighted by atomic mass is 10.3. The van der Waals surface area contributed by atoms with Gasteiger partial charge in [-0.1, -0.05) is 0 Å². The molecule has 2 N–H and O–H groups in total. The minimum atomic E-state index is -3.92. The zero-order chi connectivity index (χ0) is 23.4. The van der Waals surface area contributed by atoms with Crippen LogP contribution < -0.4 is 14.2 Å². The summed E-state index contributed by atoms with van der Waals surface area (Å²) in [5.41, 5.74) is 0.808. The lowest BCUT2D eigenvalue weighted by Gasteiger charge is -2.11. The van der Waals surface area contributed by atoms with Crippen molar-refractivity contribution in [3.8, 4) is 5.75 Å². The molecule has 0 unspecified atom stereocenters. The third-order valence-electron chi connectivity index (χ3n) is 4.08. The molecule has 0 spiro atoms. The first-order chi connectivity index (χ1) is 15.0. The summed E-state index contributed by atoms with van der Waals surface area (Å²) in [4.78, 5) is 8.07. The zero-order valence-corrected chi connectivity index (χ0v) is 18.9. The first-order valence-electron chi connectivity index (χ1n) is 9.36. The molecular formula is C20H21FN4O5S2. The van der Waals surface area contributed by atoms with Crippen molar-refractivity contribution < 1.29 is 26.0 Å². The number of benzene rings is 2. The molecule has 170 valence electrons. The van der Waals surface area contributed by atoms with Gasteiger partial charge >= 0.3 is 0 Å². The standard InChI is InChI=1S/C20H21FN4O5S2/c1-14-13-20(23-15(2)22-14)25-32(28,29)19-9-5-17(6-10-19)24-31(26,27)12-11-30-18-7-3-16(21)4-8-18/h3-10,13,24H,11-12H2,1-2H3,(H,22,23,25). The van der Waals surface area contributed by atoms with E-state index < -0.39 is 25.9 Å². The Bertz CT molecular complexity index is 1280. The molecule has 3 aromatic rings. The van der Waals surface area contributed by atoms with E-state index in [2.05, 4.69) is 19.4 Å². The number of ether oxygens (including phenoxy) is 1. The third-order valence-corrected chi connectivity index (χ3v) is 6.70. The second kappa shape index (κ2) is 9.49. The molecule has 12 heteroatoms. The molecule has 0 aliphatic carbocycles. The number of anilines is 2. The van der Waals surface area contributed by atoms with E-state index in [1.54, 1.807) is 13.8 Å². The lowest BCUT2D eigenvalue weighted by molar-refractivity contribution is 0.340. The monoisotopic (exact) mass is 480 g/mol. The second-order valence-corrected chi connectivity index (χ2v) is 10.3. The number of aromatic nitrogens is 2. The predicted molar refractivity (Wildman–Crippen MR) is 118 cm³/mol. The van der Waals surface area contributed by atoms with Gasteiger partial charge in [0.25, 0.3) is 10.0 Å². The van der Waals surface area contributed by atoms with Crippen molar-refractivity contribution in [3.05, 3.63) is 71.9 Å². The van der Waals surface area contributed by atoms with Crippen LogP contribution in [0.3, 0.4) is 0 Å². The van der Waals surface area contributed by atoms with Crippen molar-refractivity contribution in [1.29, 1.82) is 0 Å². The Kier molecular flexibility index (Phi) is 6.94. The Hall–Kier alpha value is -3.25. The fraction of sp³-hybridized carbons (Fsp3) is 0.200. The SMILES string of the molecule is Cc1cc(NS(=O)(=O)c2ccc(NS(=O)(=O)CCOc3ccc(F)cc3)cc2)nc(C)n1. The van der Waals surface area contributed by atoms with Crippen molar-refractivity contribution in [1.82, 2.24) is 9.97 Å². The maximum atomic E-state index is 12.9. The lowest BCUT2D eigenvalue weighted by Crippen LogP contribution is -2.21. The van der Waals surface area contributed by atoms with Gasteiger partial charge in [-0.2, -0.15) is 0 Å². The Morgan fingerprint density at radius 2 is 1.56 bits per heavy atom. The molecule has 0 aliphatic rings. The zero-order valence-electron chi connectivity index (χ0n) is 17.2. The summed E-state index contributed by atoms with van der Waals surface area (Å²) in [5.74, 6) is 0.141. The van der Waals surface area contributed by atoms with Gasteiger partial charge in [0.2, 0.25) is 10.0 Å². The van der Waals surface area contributed by atoms with Crippen LogP contribution in [-0.2, 0) is 20.0 Å². The van der Waals surface area contributed by atoms with Crippen molar-refractivity contribution >= 4 is 31.6 Å². The van der Waals surface area contributed by atoms with E-state index in [4.69, 9.17) is 4.74 Å². The molecule has 1 heterocycles. The van der Waals surface area contributed by atoms with Crippen LogP contribution in [0, 0.1) is 19.7 Å². The quantitative estimate of drug-likeness (QED) is 0.482. The molecule has 1 aromatic heterocycles. The summed E-state index contributed by atoms with van der Waals surface area (Å²) in [6.45, 7) is 3.23. The van der Waals surface area contributed by atoms with Gasteiger partial charge in [0.15, 0.2) is 0 Å². The van der Waals surface area contributed by atoms with Crippen LogP contribution in [0.2, 0.25) is 0 Å². The Labute approximate surface area is 185 Å². The summed E-state index contributed by atoms with van der Waals surface area (Å²) in [6.07, 6.45) is 0. The molecule has 0 radical (unpaired) electrons. The predicted octanol–water partition coefficient (Wildman–Crippen LogP) is 2.85. The molecule has 0 fully saturated rings. The average Bonchev–Trinajstić information content (AvgIpc) is 2.68. The molecule has 9 nitrogen and oxygen atoms in total. The fourth-order valence-electron chi connectivity index (χ4n) is 2.70. The van der Waals surface area contributed by atoms with Crippen LogP contribution in [0.1, 0.15) is 11.5 Å². The Balaban J connectivity index is 1.60. The number of hydrogen-bond donors (Lipinski definition) is 2. The van der Waals surface area contributed by atoms with E-state index in [1.165, 1.54) is 54.6 Å². The van der Waals surface area contributed by atoms with Crippen molar-refractivity contribution in [2.75, 3.05) is 21.8 Å². The molecule has 0 saturated carbocycles. The van der Waals surface area contributed by atoms with Gasteiger partial charge < -0.3 is 4.74 Å². The molecule has 0 saturated heterocycles. The minimum Gasteiger partial charge on any atom is -0.492 e. The molecule has 3 rings (SSSR count). The van der Waals surface area contributed by atoms with Gasteiger partial charge in [-0.3, -0.25) is 9.44 Å². The molecule has 32 heavy (non-hydrogen) atoms. The first-order valence-corrected chi connectivity index (χ1v) is 12.5. The highest BCUT2D eigenvalue weighted by Crippen LogP contribution is 2.19. The highest BCUT2D eigenvalue weighted by molar-refractivity contribution is 7.93. The normalized spacial score (nSPS) is 11.7. The topological polar surface area (TPSA) is 127 Å². The van der Waals surface area contributed by atoms with E-state index in [1.807, 2.05) is 0 Å². The summed E-state index contributed by atoms with van der Waals surface area (Å²) in [7, 11) is -7.67. The summed E-state index contributed by atoms with van der Waals surface area (Å²) in [5, 5.41) is 0. The largest absolute Gasteiger partial charge is 0.492 e. The average molecular weight is 481 g/mol. The molecule has 0 bridgehead atoms. The number of sulfonamides is 2. The molecule has 0 atom stereocenters. The van der Waals surface area contributed by atoms with Gasteiger partial charge in [-0.15, -0.1) is 0 Å². The Morgan fingerprint density at radius 1 is 0.906 bits per heavy atom. The van der Waals surface area contributed by atoms with Crippen molar-refractivity contribution in [2.24, 2.45) is 0 Å². The van der Waals surface area contributed by atoms with E-state index >= 15 is 0 Å². The van der Waals surface area contributed by atoms with E-state index in [0.717, 1.165) is 0 Å². The molecule has 2 aromatic carbocycles. The highest BCUT2D eigenvalue weighted by Gasteiger charge is 2.17. The number of hydrogen-bond acceptors (Lipinski definition) is 7. The maximum absolute atomic E-state index is 12.9. The van der Waals surface area contributed by atoms with Crippen LogP contribution in [-0.4, -0.2) is 39.2 Å². The number of nitrogens with zero attached hydrogens (tertiary/aromatic N) is 2. The highest BCUT2D eigenvalue weighted by atomic mass is 32.2. The summed E-state index contributed by atoms with van der Waals surface area (Å²) < 4.78 is 72.5. The second-order valence-electron chi connectivity index (χ2n) is 6.79. The first kappa shape index (κ1) is 23.4. The van der Waals surface area contributed by atoms with Crippen LogP contribution in [0.4, 0.5) is 15.9 Å². The van der Waals surface area contributed by atoms with Gasteiger partial charge in [0, 0.05) is 17.4 Å². The number of aryl methyl sites for hydroxylation is 2. The van der Waals surface area contributed by atoms with Gasteiger partial charge in [0.1, 0.15) is 35.6 Å². The van der Waals surface area contributed by atoms with Crippen LogP contribution in [0.25, 0.3) is 0 Å². The smallest absolute Gasteiger partial charge is 0.263 e. The maximum Gasteiger partial charge on any atom is 0.263 e. The third kappa shape index (κ3) is 6.62. The molecule has 0 aliphatic heterocycles. The molecule has 0 amide bonds. The summed E-state index contributed by atoms with van der Waals surface area (Å²) >= 11 is 0. The van der Waals surface area contributed by atoms with E-state index in [0.29, 0.717) is 17.3 Å². The van der Waals surface area contributed by atoms with E-state index in [9.17, 15) is 21.2 Å². The van der Waals surface area contributed by atoms with Gasteiger partial charge in [-0.25, -0.2) is 31.2 Å². The summed E-state index contributed by atoms with van der Waals surface area (Å²) in [6, 6.07) is 11.9. The number of rotatable bonds is 9. The minimum absolute atomic E-state index is 0.0611. The van der Waals surface area contributed by atoms with E-state index in [-0.39, 0.29) is 28.8 Å².